The van der Waals surface area contributed by atoms with E-state index in [9.17, 15) is 9.59 Å². The van der Waals surface area contributed by atoms with Gasteiger partial charge < -0.3 is 4.74 Å². The van der Waals surface area contributed by atoms with Gasteiger partial charge in [-0.15, -0.1) is 0 Å². The Hall–Kier alpha value is -1.38. The van der Waals surface area contributed by atoms with E-state index in [0.717, 1.165) is 25.7 Å². The van der Waals surface area contributed by atoms with Crippen molar-refractivity contribution >= 4 is 11.8 Å². The molecule has 2 saturated carbocycles. The van der Waals surface area contributed by atoms with Crippen molar-refractivity contribution in [3.05, 3.63) is 23.8 Å². The molecule has 4 aliphatic rings. The van der Waals surface area contributed by atoms with Gasteiger partial charge in [0.05, 0.1) is 0 Å². The molecule has 0 radical (unpaired) electrons. The lowest BCUT2D eigenvalue weighted by Gasteiger charge is -2.51. The number of ether oxygens (including phenoxy) is 1. The van der Waals surface area contributed by atoms with Crippen LogP contribution >= 0.6 is 0 Å². The van der Waals surface area contributed by atoms with Crippen molar-refractivity contribution in [1.82, 2.24) is 0 Å². The van der Waals surface area contributed by atoms with E-state index >= 15 is 0 Å². The number of fused-ring (bicyclic) bond motifs is 5. The lowest BCUT2D eigenvalue weighted by Crippen LogP contribution is -2.47. The van der Waals surface area contributed by atoms with E-state index in [1.807, 2.05) is 6.08 Å². The first kappa shape index (κ1) is 15.2. The third kappa shape index (κ3) is 2.31. The molecule has 0 N–H and O–H groups in total. The lowest BCUT2D eigenvalue weighted by molar-refractivity contribution is -0.155. The third-order valence-corrected chi connectivity index (χ3v) is 7.09. The van der Waals surface area contributed by atoms with Crippen molar-refractivity contribution in [3.63, 3.8) is 0 Å². The van der Waals surface area contributed by atoms with Crippen LogP contribution < -0.4 is 0 Å². The molecule has 0 heterocycles. The third-order valence-electron chi connectivity index (χ3n) is 7.09. The van der Waals surface area contributed by atoms with E-state index < -0.39 is 0 Å². The van der Waals surface area contributed by atoms with E-state index in [4.69, 9.17) is 4.74 Å². The van der Waals surface area contributed by atoms with Gasteiger partial charge in [0.15, 0.2) is 5.78 Å². The second-order valence-electron chi connectivity index (χ2n) is 8.18. The molecule has 3 nitrogen and oxygen atoms in total. The highest BCUT2D eigenvalue weighted by atomic mass is 16.5. The molecule has 0 spiro atoms. The smallest absolute Gasteiger partial charge is 0.302 e. The van der Waals surface area contributed by atoms with E-state index in [-0.39, 0.29) is 23.3 Å². The van der Waals surface area contributed by atoms with Crippen molar-refractivity contribution in [2.75, 3.05) is 0 Å². The number of allylic oxidation sites excluding steroid dienone is 4. The molecule has 4 rings (SSSR count). The Morgan fingerprint density at radius 3 is 2.87 bits per heavy atom. The van der Waals surface area contributed by atoms with E-state index in [1.54, 1.807) is 0 Å². The van der Waals surface area contributed by atoms with Gasteiger partial charge in [-0.25, -0.2) is 0 Å². The summed E-state index contributed by atoms with van der Waals surface area (Å²) < 4.78 is 5.67. The van der Waals surface area contributed by atoms with Crippen LogP contribution in [0.2, 0.25) is 0 Å². The van der Waals surface area contributed by atoms with Crippen molar-refractivity contribution in [3.8, 4) is 0 Å². The van der Waals surface area contributed by atoms with Crippen LogP contribution in [-0.4, -0.2) is 17.9 Å². The zero-order valence-corrected chi connectivity index (χ0v) is 14.1. The van der Waals surface area contributed by atoms with Gasteiger partial charge in [-0.05, 0) is 67.4 Å². The maximum atomic E-state index is 11.7. The molecule has 2 fully saturated rings. The summed E-state index contributed by atoms with van der Waals surface area (Å²) in [7, 11) is 0. The molecule has 6 atom stereocenters. The second kappa shape index (κ2) is 5.32. The predicted molar refractivity (Wildman–Crippen MR) is 87.6 cm³/mol. The molecule has 0 aromatic rings. The standard InChI is InChI=1S/C20H26O3/c1-12(21)23-19-8-7-18-17-5-3-13-11-14(22)4-6-15(13)16(17)9-10-20(18,19)2/h3,5,11,15-19H,4,6-10H2,1-2H3/t15-,16+,17-,18+,19+,20+/m1/s1. The van der Waals surface area contributed by atoms with Crippen LogP contribution in [0.4, 0.5) is 0 Å². The van der Waals surface area contributed by atoms with Gasteiger partial charge >= 0.3 is 5.97 Å². The highest BCUT2D eigenvalue weighted by molar-refractivity contribution is 5.91. The molecule has 0 unspecified atom stereocenters. The van der Waals surface area contributed by atoms with Gasteiger partial charge in [0.25, 0.3) is 0 Å². The number of carbonyl (C=O) groups excluding carboxylic acids is 2. The van der Waals surface area contributed by atoms with Crippen molar-refractivity contribution in [1.29, 1.82) is 0 Å². The SMILES string of the molecule is CC(=O)O[C@H]1CC[C@H]2[C@@H]3C=CC4=CC(=O)CC[C@H]4[C@@H]3CC[C@]12C. The Morgan fingerprint density at radius 1 is 1.26 bits per heavy atom. The molecule has 124 valence electrons. The number of carbonyl (C=O) groups is 2. The maximum Gasteiger partial charge on any atom is 0.302 e. The molecule has 0 aliphatic heterocycles. The van der Waals surface area contributed by atoms with Gasteiger partial charge in [-0.2, -0.15) is 0 Å². The maximum absolute atomic E-state index is 11.7. The van der Waals surface area contributed by atoms with Crippen LogP contribution in [0, 0.1) is 29.1 Å². The average molecular weight is 314 g/mol. The lowest BCUT2D eigenvalue weighted by atomic mass is 9.54. The summed E-state index contributed by atoms with van der Waals surface area (Å²) in [4.78, 5) is 23.1. The first-order valence-electron chi connectivity index (χ1n) is 9.09. The monoisotopic (exact) mass is 314 g/mol. The highest BCUT2D eigenvalue weighted by Gasteiger charge is 2.56. The largest absolute Gasteiger partial charge is 0.462 e. The Bertz CT molecular complexity index is 602. The van der Waals surface area contributed by atoms with E-state index in [2.05, 4.69) is 19.1 Å². The summed E-state index contributed by atoms with van der Waals surface area (Å²) >= 11 is 0. The Balaban J connectivity index is 1.62. The number of ketones is 1. The minimum atomic E-state index is -0.144. The Labute approximate surface area is 138 Å². The molecular formula is C20H26O3. The summed E-state index contributed by atoms with van der Waals surface area (Å²) in [5, 5.41) is 0. The van der Waals surface area contributed by atoms with Crippen LogP contribution in [-0.2, 0) is 14.3 Å². The summed E-state index contributed by atoms with van der Waals surface area (Å²) in [6, 6.07) is 0. The second-order valence-corrected chi connectivity index (χ2v) is 8.18. The van der Waals surface area contributed by atoms with Crippen LogP contribution in [0.5, 0.6) is 0 Å². The number of esters is 1. The fraction of sp³-hybridized carbons (Fsp3) is 0.700. The minimum Gasteiger partial charge on any atom is -0.462 e. The van der Waals surface area contributed by atoms with Crippen LogP contribution in [0.25, 0.3) is 0 Å². The fourth-order valence-corrected chi connectivity index (χ4v) is 6.00. The number of hydrogen-bond donors (Lipinski definition) is 0. The average Bonchev–Trinajstić information content (AvgIpc) is 2.83. The molecular weight excluding hydrogens is 288 g/mol. The van der Waals surface area contributed by atoms with Crippen LogP contribution in [0.15, 0.2) is 23.8 Å². The Morgan fingerprint density at radius 2 is 2.09 bits per heavy atom. The van der Waals surface area contributed by atoms with Gasteiger partial charge in [-0.3, -0.25) is 9.59 Å². The van der Waals surface area contributed by atoms with Crippen molar-refractivity contribution < 1.29 is 14.3 Å². The Kier molecular flexibility index (Phi) is 3.51. The molecule has 0 aromatic carbocycles. The first-order valence-corrected chi connectivity index (χ1v) is 9.09. The molecule has 0 amide bonds. The first-order chi connectivity index (χ1) is 11.0. The minimum absolute atomic E-state index is 0.0872. The zero-order chi connectivity index (χ0) is 16.2. The number of rotatable bonds is 1. The molecule has 0 bridgehead atoms. The van der Waals surface area contributed by atoms with Crippen molar-refractivity contribution in [2.45, 2.75) is 58.5 Å². The topological polar surface area (TPSA) is 43.4 Å². The predicted octanol–water partition coefficient (Wildman–Crippen LogP) is 3.84. The number of hydrogen-bond acceptors (Lipinski definition) is 3. The molecule has 23 heavy (non-hydrogen) atoms. The molecule has 4 aliphatic carbocycles. The molecule has 0 saturated heterocycles. The van der Waals surface area contributed by atoms with Gasteiger partial charge in [-0.1, -0.05) is 19.1 Å². The summed E-state index contributed by atoms with van der Waals surface area (Å²) in [6.45, 7) is 3.86. The van der Waals surface area contributed by atoms with Crippen LogP contribution in [0.1, 0.15) is 52.4 Å². The summed E-state index contributed by atoms with van der Waals surface area (Å²) in [5.74, 6) is 2.59. The molecule has 0 aromatic heterocycles. The summed E-state index contributed by atoms with van der Waals surface area (Å²) in [6.07, 6.45) is 12.8. The van der Waals surface area contributed by atoms with E-state index in [0.29, 0.717) is 30.1 Å². The normalized spacial score (nSPS) is 44.9. The van der Waals surface area contributed by atoms with Gasteiger partial charge in [0.2, 0.25) is 0 Å². The van der Waals surface area contributed by atoms with E-state index in [1.165, 1.54) is 18.9 Å². The summed E-state index contributed by atoms with van der Waals surface area (Å²) in [5.41, 5.74) is 1.39. The molecule has 3 heteroatoms. The zero-order valence-electron chi connectivity index (χ0n) is 14.1. The quantitative estimate of drug-likeness (QED) is 0.691. The fourth-order valence-electron chi connectivity index (χ4n) is 6.00. The van der Waals surface area contributed by atoms with Gasteiger partial charge in [0, 0.05) is 18.8 Å². The van der Waals surface area contributed by atoms with Crippen molar-refractivity contribution in [2.24, 2.45) is 29.1 Å². The van der Waals surface area contributed by atoms with Crippen LogP contribution in [0.3, 0.4) is 0 Å². The van der Waals surface area contributed by atoms with Gasteiger partial charge in [0.1, 0.15) is 6.10 Å². The highest BCUT2D eigenvalue weighted by Crippen LogP contribution is 2.60.